The van der Waals surface area contributed by atoms with Gasteiger partial charge in [0, 0.05) is 11.9 Å². The number of esters is 1. The minimum atomic E-state index is -0.361. The molecule has 1 aromatic heterocycles. The van der Waals surface area contributed by atoms with Gasteiger partial charge in [-0.1, -0.05) is 26.8 Å². The van der Waals surface area contributed by atoms with Gasteiger partial charge in [-0.05, 0) is 41.9 Å². The molecule has 1 aromatic carbocycles. The van der Waals surface area contributed by atoms with Crippen LogP contribution in [0.1, 0.15) is 55.6 Å². The Morgan fingerprint density at radius 1 is 1.38 bits per heavy atom. The molecular formula is C17H22N2O2. The van der Waals surface area contributed by atoms with Gasteiger partial charge in [0.15, 0.2) is 5.69 Å². The third-order valence-electron chi connectivity index (χ3n) is 3.83. The predicted molar refractivity (Wildman–Crippen MR) is 82.5 cm³/mol. The van der Waals surface area contributed by atoms with Crippen molar-refractivity contribution in [3.05, 3.63) is 29.5 Å². The van der Waals surface area contributed by atoms with Crippen LogP contribution in [0.2, 0.25) is 0 Å². The van der Waals surface area contributed by atoms with Crippen LogP contribution in [0.3, 0.4) is 0 Å². The normalized spacial score (nSPS) is 15.4. The van der Waals surface area contributed by atoms with Crippen molar-refractivity contribution < 1.29 is 9.53 Å². The summed E-state index contributed by atoms with van der Waals surface area (Å²) in [5.74, 6) is 0.298. The zero-order valence-electron chi connectivity index (χ0n) is 13.1. The number of ether oxygens (including phenoxy) is 1. The highest BCUT2D eigenvalue weighted by Crippen LogP contribution is 2.41. The van der Waals surface area contributed by atoms with E-state index >= 15 is 0 Å². The van der Waals surface area contributed by atoms with E-state index in [0.717, 1.165) is 17.4 Å². The fourth-order valence-electron chi connectivity index (χ4n) is 2.68. The number of rotatable bonds is 3. The van der Waals surface area contributed by atoms with Gasteiger partial charge in [0.25, 0.3) is 0 Å². The Morgan fingerprint density at radius 3 is 2.67 bits per heavy atom. The molecule has 0 unspecified atom stereocenters. The van der Waals surface area contributed by atoms with Gasteiger partial charge in [-0.2, -0.15) is 5.10 Å². The molecule has 0 aliphatic heterocycles. The fraction of sp³-hybridized carbons (Fsp3) is 0.529. The highest BCUT2D eigenvalue weighted by atomic mass is 16.5. The van der Waals surface area contributed by atoms with Crippen molar-refractivity contribution >= 4 is 16.9 Å². The van der Waals surface area contributed by atoms with E-state index in [1.807, 2.05) is 4.68 Å². The van der Waals surface area contributed by atoms with Gasteiger partial charge >= 0.3 is 5.97 Å². The molecule has 4 nitrogen and oxygen atoms in total. The molecule has 1 fully saturated rings. The van der Waals surface area contributed by atoms with Crippen LogP contribution in [0.4, 0.5) is 0 Å². The SMILES string of the molecule is COC(=O)c1nn(CC(C)(C)C)c2ccc(C3CC3)cc12. The summed E-state index contributed by atoms with van der Waals surface area (Å²) in [5, 5.41) is 5.42. The topological polar surface area (TPSA) is 44.1 Å². The molecule has 1 aliphatic carbocycles. The number of hydrogen-bond donors (Lipinski definition) is 0. The van der Waals surface area contributed by atoms with Crippen molar-refractivity contribution in [3.63, 3.8) is 0 Å². The number of carbonyl (C=O) groups excluding carboxylic acids is 1. The molecule has 1 aliphatic rings. The van der Waals surface area contributed by atoms with Gasteiger partial charge in [-0.15, -0.1) is 0 Å². The number of aromatic nitrogens is 2. The molecule has 0 bridgehead atoms. The molecular weight excluding hydrogens is 264 g/mol. The van der Waals surface area contributed by atoms with E-state index in [-0.39, 0.29) is 11.4 Å². The Kier molecular flexibility index (Phi) is 3.27. The van der Waals surface area contributed by atoms with Crippen LogP contribution in [-0.2, 0) is 11.3 Å². The van der Waals surface area contributed by atoms with Gasteiger partial charge in [0.1, 0.15) is 0 Å². The van der Waals surface area contributed by atoms with Crippen molar-refractivity contribution in [3.8, 4) is 0 Å². The van der Waals surface area contributed by atoms with Crippen LogP contribution in [0.15, 0.2) is 18.2 Å². The smallest absolute Gasteiger partial charge is 0.359 e. The molecule has 1 saturated carbocycles. The van der Waals surface area contributed by atoms with Crippen LogP contribution >= 0.6 is 0 Å². The molecule has 4 heteroatoms. The fourth-order valence-corrected chi connectivity index (χ4v) is 2.68. The molecule has 0 radical (unpaired) electrons. The quantitative estimate of drug-likeness (QED) is 0.807. The number of benzene rings is 1. The van der Waals surface area contributed by atoms with Crippen molar-refractivity contribution in [1.82, 2.24) is 9.78 Å². The van der Waals surface area contributed by atoms with Crippen LogP contribution < -0.4 is 0 Å². The first-order valence-corrected chi connectivity index (χ1v) is 7.48. The highest BCUT2D eigenvalue weighted by Gasteiger charge is 2.26. The number of hydrogen-bond acceptors (Lipinski definition) is 3. The zero-order chi connectivity index (χ0) is 15.2. The summed E-state index contributed by atoms with van der Waals surface area (Å²) in [7, 11) is 1.40. The lowest BCUT2D eigenvalue weighted by Gasteiger charge is -2.18. The van der Waals surface area contributed by atoms with Gasteiger partial charge < -0.3 is 4.74 Å². The van der Waals surface area contributed by atoms with Crippen LogP contribution in [0, 0.1) is 5.41 Å². The monoisotopic (exact) mass is 286 g/mol. The van der Waals surface area contributed by atoms with Crippen molar-refractivity contribution in [2.75, 3.05) is 7.11 Å². The van der Waals surface area contributed by atoms with Crippen LogP contribution in [-0.4, -0.2) is 22.9 Å². The Morgan fingerprint density at radius 2 is 2.10 bits per heavy atom. The zero-order valence-corrected chi connectivity index (χ0v) is 13.1. The molecule has 0 spiro atoms. The first-order chi connectivity index (χ1) is 9.89. The van der Waals surface area contributed by atoms with Crippen molar-refractivity contribution in [1.29, 1.82) is 0 Å². The van der Waals surface area contributed by atoms with E-state index in [1.165, 1.54) is 25.5 Å². The van der Waals surface area contributed by atoms with Gasteiger partial charge in [-0.25, -0.2) is 4.79 Å². The van der Waals surface area contributed by atoms with Gasteiger partial charge in [-0.3, -0.25) is 4.68 Å². The molecule has 3 rings (SSSR count). The summed E-state index contributed by atoms with van der Waals surface area (Å²) in [4.78, 5) is 12.0. The van der Waals surface area contributed by atoms with Crippen molar-refractivity contribution in [2.24, 2.45) is 5.41 Å². The molecule has 0 saturated heterocycles. The molecule has 0 amide bonds. The Balaban J connectivity index is 2.13. The average Bonchev–Trinajstić information content (AvgIpc) is 3.21. The maximum absolute atomic E-state index is 12.0. The van der Waals surface area contributed by atoms with Crippen molar-refractivity contribution in [2.45, 2.75) is 46.1 Å². The summed E-state index contributed by atoms with van der Waals surface area (Å²) in [6.45, 7) is 7.26. The lowest BCUT2D eigenvalue weighted by Crippen LogP contribution is -2.17. The summed E-state index contributed by atoms with van der Waals surface area (Å²) >= 11 is 0. The molecule has 1 heterocycles. The number of nitrogens with zero attached hydrogens (tertiary/aromatic N) is 2. The number of methoxy groups -OCH3 is 1. The van der Waals surface area contributed by atoms with Gasteiger partial charge in [0.05, 0.1) is 12.6 Å². The second-order valence-electron chi connectivity index (χ2n) is 7.11. The maximum atomic E-state index is 12.0. The minimum absolute atomic E-state index is 0.0987. The summed E-state index contributed by atoms with van der Waals surface area (Å²) < 4.78 is 6.82. The second-order valence-corrected chi connectivity index (χ2v) is 7.11. The average molecular weight is 286 g/mol. The van der Waals surface area contributed by atoms with E-state index < -0.39 is 0 Å². The Labute approximate surface area is 125 Å². The predicted octanol–water partition coefficient (Wildman–Crippen LogP) is 3.75. The van der Waals surface area contributed by atoms with E-state index in [2.05, 4.69) is 44.1 Å². The third-order valence-corrected chi connectivity index (χ3v) is 3.83. The van der Waals surface area contributed by atoms with Crippen LogP contribution in [0.25, 0.3) is 10.9 Å². The van der Waals surface area contributed by atoms with Crippen LogP contribution in [0.5, 0.6) is 0 Å². The number of fused-ring (bicyclic) bond motifs is 1. The standard InChI is InChI=1S/C17H22N2O2/c1-17(2,3)10-19-14-8-7-12(11-5-6-11)9-13(14)15(18-19)16(20)21-4/h7-9,11H,5-6,10H2,1-4H3. The molecule has 2 aromatic rings. The van der Waals surface area contributed by atoms with E-state index in [0.29, 0.717) is 11.6 Å². The van der Waals surface area contributed by atoms with E-state index in [1.54, 1.807) is 0 Å². The van der Waals surface area contributed by atoms with E-state index in [9.17, 15) is 4.79 Å². The molecule has 0 atom stereocenters. The van der Waals surface area contributed by atoms with Gasteiger partial charge in [0.2, 0.25) is 0 Å². The second kappa shape index (κ2) is 4.86. The lowest BCUT2D eigenvalue weighted by molar-refractivity contribution is 0.0594. The molecule has 112 valence electrons. The first-order valence-electron chi connectivity index (χ1n) is 7.48. The highest BCUT2D eigenvalue weighted by molar-refractivity contribution is 6.02. The maximum Gasteiger partial charge on any atom is 0.359 e. The summed E-state index contributed by atoms with van der Waals surface area (Å²) in [5.41, 5.74) is 2.85. The Bertz CT molecular complexity index is 691. The molecule has 21 heavy (non-hydrogen) atoms. The molecule has 0 N–H and O–H groups in total. The minimum Gasteiger partial charge on any atom is -0.464 e. The Hall–Kier alpha value is -1.84. The lowest BCUT2D eigenvalue weighted by atomic mass is 9.97. The van der Waals surface area contributed by atoms with E-state index in [4.69, 9.17) is 4.74 Å². The largest absolute Gasteiger partial charge is 0.464 e. The summed E-state index contributed by atoms with van der Waals surface area (Å²) in [6, 6.07) is 6.38. The third kappa shape index (κ3) is 2.80. The summed E-state index contributed by atoms with van der Waals surface area (Å²) in [6.07, 6.45) is 2.49. The number of carbonyl (C=O) groups is 1. The first kappa shape index (κ1) is 14.1.